The molecular weight excluding hydrogens is 319 g/mol. The lowest BCUT2D eigenvalue weighted by molar-refractivity contribution is -0.142. The molecule has 0 amide bonds. The minimum Gasteiger partial charge on any atom is -0.481 e. The van der Waals surface area contributed by atoms with E-state index in [1.807, 2.05) is 60.7 Å². The molecule has 6 heteroatoms. The quantitative estimate of drug-likeness (QED) is 0.762. The molecule has 0 fully saturated rings. The molecule has 0 saturated heterocycles. The summed E-state index contributed by atoms with van der Waals surface area (Å²) in [6, 6.07) is 19.2. The first-order valence-electron chi connectivity index (χ1n) is 6.59. The normalized spacial score (nSPS) is 12.0. The number of benzene rings is 2. The highest BCUT2D eigenvalue weighted by molar-refractivity contribution is 8.60. The smallest absolute Gasteiger partial charge is 0.317 e. The van der Waals surface area contributed by atoms with Gasteiger partial charge in [0.2, 0.25) is 0 Å². The molecule has 0 radical (unpaired) electrons. The van der Waals surface area contributed by atoms with Gasteiger partial charge < -0.3 is 10.2 Å². The van der Waals surface area contributed by atoms with E-state index in [0.29, 0.717) is 0 Å². The van der Waals surface area contributed by atoms with E-state index in [1.165, 1.54) is 11.4 Å². The van der Waals surface area contributed by atoms with Crippen LogP contribution in [-0.4, -0.2) is 27.4 Å². The standard InChI is InChI=1S/C16H15O4PS/c17-15(18)11-14(16(19)20)22-21(12-7-3-1-4-8-12)13-9-5-2-6-10-13/h1-10,14H,11H2,(H,17,18)(H,19,20). The van der Waals surface area contributed by atoms with Crippen molar-refractivity contribution in [1.29, 1.82) is 0 Å². The highest BCUT2D eigenvalue weighted by atomic mass is 32.7. The fourth-order valence-corrected chi connectivity index (χ4v) is 6.56. The lowest BCUT2D eigenvalue weighted by atomic mass is 10.3. The fraction of sp³-hybridized carbons (Fsp3) is 0.125. The lowest BCUT2D eigenvalue weighted by Crippen LogP contribution is -2.22. The molecule has 2 rings (SSSR count). The summed E-state index contributed by atoms with van der Waals surface area (Å²) in [4.78, 5) is 22.3. The highest BCUT2D eigenvalue weighted by Gasteiger charge is 2.27. The average molecular weight is 334 g/mol. The molecule has 114 valence electrons. The Kier molecular flexibility index (Phi) is 5.99. The Morgan fingerprint density at radius 1 is 0.909 bits per heavy atom. The summed E-state index contributed by atoms with van der Waals surface area (Å²) >= 11 is 1.22. The highest BCUT2D eigenvalue weighted by Crippen LogP contribution is 2.50. The third-order valence-corrected chi connectivity index (χ3v) is 7.88. The van der Waals surface area contributed by atoms with Crippen LogP contribution in [0.3, 0.4) is 0 Å². The van der Waals surface area contributed by atoms with Crippen molar-refractivity contribution < 1.29 is 19.8 Å². The van der Waals surface area contributed by atoms with Crippen LogP contribution in [0.15, 0.2) is 60.7 Å². The van der Waals surface area contributed by atoms with E-state index >= 15 is 0 Å². The molecule has 1 atom stereocenters. The summed E-state index contributed by atoms with van der Waals surface area (Å²) in [7, 11) is -0.981. The first kappa shape index (κ1) is 16.5. The number of carboxylic acids is 2. The molecule has 22 heavy (non-hydrogen) atoms. The number of hydrogen-bond donors (Lipinski definition) is 2. The summed E-state index contributed by atoms with van der Waals surface area (Å²) in [5.74, 6) is -2.19. The lowest BCUT2D eigenvalue weighted by Gasteiger charge is -2.21. The Balaban J connectivity index is 2.32. The van der Waals surface area contributed by atoms with Gasteiger partial charge >= 0.3 is 11.9 Å². The van der Waals surface area contributed by atoms with Crippen molar-refractivity contribution in [1.82, 2.24) is 0 Å². The largest absolute Gasteiger partial charge is 0.481 e. The third kappa shape index (κ3) is 4.58. The summed E-state index contributed by atoms with van der Waals surface area (Å²) in [5.41, 5.74) is 0. The summed E-state index contributed by atoms with van der Waals surface area (Å²) in [6.45, 7) is 0. The third-order valence-electron chi connectivity index (χ3n) is 2.85. The topological polar surface area (TPSA) is 74.6 Å². The van der Waals surface area contributed by atoms with Gasteiger partial charge in [0.25, 0.3) is 0 Å². The van der Waals surface area contributed by atoms with Gasteiger partial charge in [0, 0.05) is 7.12 Å². The molecular formula is C16H15O4PS. The van der Waals surface area contributed by atoms with E-state index in [4.69, 9.17) is 5.11 Å². The minimum absolute atomic E-state index is 0.390. The average Bonchev–Trinajstić information content (AvgIpc) is 2.52. The van der Waals surface area contributed by atoms with Gasteiger partial charge in [0.05, 0.1) is 6.42 Å². The second-order valence-electron chi connectivity index (χ2n) is 4.50. The van der Waals surface area contributed by atoms with Crippen molar-refractivity contribution in [2.24, 2.45) is 0 Å². The zero-order valence-corrected chi connectivity index (χ0v) is 13.3. The molecule has 0 aliphatic carbocycles. The van der Waals surface area contributed by atoms with Crippen molar-refractivity contribution in [2.45, 2.75) is 11.7 Å². The zero-order chi connectivity index (χ0) is 15.9. The molecule has 0 aliphatic rings. The van der Waals surface area contributed by atoms with Crippen molar-refractivity contribution in [2.75, 3.05) is 0 Å². The van der Waals surface area contributed by atoms with E-state index in [1.54, 1.807) is 0 Å². The van der Waals surface area contributed by atoms with E-state index < -0.39 is 30.7 Å². The predicted octanol–water partition coefficient (Wildman–Crippen LogP) is 2.70. The summed E-state index contributed by atoms with van der Waals surface area (Å²) < 4.78 is 0. The fourth-order valence-electron chi connectivity index (χ4n) is 1.85. The monoisotopic (exact) mass is 334 g/mol. The van der Waals surface area contributed by atoms with Gasteiger partial charge in [-0.05, 0) is 10.6 Å². The number of hydrogen-bond acceptors (Lipinski definition) is 3. The second kappa shape index (κ2) is 7.97. The van der Waals surface area contributed by atoms with Gasteiger partial charge in [-0.2, -0.15) is 0 Å². The SMILES string of the molecule is O=C(O)CC(SP(c1ccccc1)c1ccccc1)C(=O)O. The Bertz CT molecular complexity index is 594. The van der Waals surface area contributed by atoms with Crippen LogP contribution in [-0.2, 0) is 9.59 Å². The van der Waals surface area contributed by atoms with Crippen LogP contribution in [0.2, 0.25) is 0 Å². The number of aliphatic carboxylic acids is 2. The van der Waals surface area contributed by atoms with Crippen LogP contribution in [0.4, 0.5) is 0 Å². The van der Waals surface area contributed by atoms with Gasteiger partial charge in [-0.3, -0.25) is 9.59 Å². The number of carboxylic acid groups (broad SMARTS) is 2. The molecule has 0 saturated carbocycles. The second-order valence-corrected chi connectivity index (χ2v) is 8.62. The van der Waals surface area contributed by atoms with Gasteiger partial charge in [-0.15, -0.1) is 11.4 Å². The Morgan fingerprint density at radius 2 is 1.36 bits per heavy atom. The molecule has 0 spiro atoms. The van der Waals surface area contributed by atoms with Gasteiger partial charge in [-0.25, -0.2) is 0 Å². The van der Waals surface area contributed by atoms with Crippen LogP contribution < -0.4 is 10.6 Å². The maximum Gasteiger partial charge on any atom is 0.317 e. The molecule has 2 aromatic rings. The van der Waals surface area contributed by atoms with Crippen LogP contribution in [0.5, 0.6) is 0 Å². The van der Waals surface area contributed by atoms with Crippen LogP contribution in [0.25, 0.3) is 0 Å². The molecule has 1 unspecified atom stereocenters. The number of rotatable bonds is 7. The Hall–Kier alpha value is -1.84. The van der Waals surface area contributed by atoms with Crippen molar-refractivity contribution in [3.63, 3.8) is 0 Å². The molecule has 0 aliphatic heterocycles. The Morgan fingerprint density at radius 3 is 1.73 bits per heavy atom. The molecule has 0 aromatic heterocycles. The molecule has 4 nitrogen and oxygen atoms in total. The first-order valence-corrected chi connectivity index (χ1v) is 9.42. The van der Waals surface area contributed by atoms with E-state index in [2.05, 4.69) is 0 Å². The molecule has 2 N–H and O–H groups in total. The van der Waals surface area contributed by atoms with Crippen molar-refractivity contribution in [3.05, 3.63) is 60.7 Å². The number of carbonyl (C=O) groups is 2. The van der Waals surface area contributed by atoms with Crippen LogP contribution in [0, 0.1) is 0 Å². The zero-order valence-electron chi connectivity index (χ0n) is 11.6. The predicted molar refractivity (Wildman–Crippen MR) is 90.3 cm³/mol. The van der Waals surface area contributed by atoms with Crippen molar-refractivity contribution >= 4 is 41.1 Å². The summed E-state index contributed by atoms with van der Waals surface area (Å²) in [6.07, 6.45) is -0.390. The summed E-state index contributed by atoms with van der Waals surface area (Å²) in [5, 5.41) is 19.3. The first-order chi connectivity index (χ1) is 10.6. The maximum atomic E-state index is 11.4. The molecule has 0 bridgehead atoms. The van der Waals surface area contributed by atoms with Gasteiger partial charge in [-0.1, -0.05) is 60.7 Å². The maximum absolute atomic E-state index is 11.4. The van der Waals surface area contributed by atoms with E-state index in [0.717, 1.165) is 10.6 Å². The van der Waals surface area contributed by atoms with Crippen molar-refractivity contribution in [3.8, 4) is 0 Å². The molecule has 2 aromatic carbocycles. The van der Waals surface area contributed by atoms with Gasteiger partial charge in [0.1, 0.15) is 5.25 Å². The minimum atomic E-state index is -1.10. The van der Waals surface area contributed by atoms with E-state index in [-0.39, 0.29) is 0 Å². The van der Waals surface area contributed by atoms with E-state index in [9.17, 15) is 14.7 Å². The van der Waals surface area contributed by atoms with Crippen LogP contribution >= 0.6 is 18.5 Å². The molecule has 0 heterocycles. The van der Waals surface area contributed by atoms with Crippen LogP contribution in [0.1, 0.15) is 6.42 Å². The van der Waals surface area contributed by atoms with Gasteiger partial charge in [0.15, 0.2) is 0 Å². The Labute approximate surface area is 133 Å².